The molecule has 0 bridgehead atoms. The van der Waals surface area contributed by atoms with Crippen LogP contribution in [0.3, 0.4) is 0 Å². The normalized spacial score (nSPS) is 11.2. The van der Waals surface area contributed by atoms with Crippen LogP contribution in [-0.2, 0) is 20.9 Å². The Kier molecular flexibility index (Phi) is 7.01. The van der Waals surface area contributed by atoms with Gasteiger partial charge in [-0.1, -0.05) is 35.9 Å². The third-order valence-corrected chi connectivity index (χ3v) is 2.62. The summed E-state index contributed by atoms with van der Waals surface area (Å²) in [5.41, 5.74) is 1.94. The number of carbonyl (C=O) groups is 2. The summed E-state index contributed by atoms with van der Waals surface area (Å²) in [4.78, 5) is 23.2. The average Bonchev–Trinajstić information content (AvgIpc) is 2.45. The predicted octanol–water partition coefficient (Wildman–Crippen LogP) is 2.81. The molecule has 21 heavy (non-hydrogen) atoms. The van der Waals surface area contributed by atoms with Gasteiger partial charge in [0.2, 0.25) is 0 Å². The summed E-state index contributed by atoms with van der Waals surface area (Å²) in [5.74, 6) is -0.496. The van der Waals surface area contributed by atoms with Gasteiger partial charge in [0.1, 0.15) is 19.3 Å². The Bertz CT molecular complexity index is 492. The largest absolute Gasteiger partial charge is 0.460 e. The Labute approximate surface area is 124 Å². The molecule has 5 nitrogen and oxygen atoms in total. The van der Waals surface area contributed by atoms with Crippen LogP contribution in [0.15, 0.2) is 42.0 Å². The standard InChI is InChI=1S/C16H21NO4/c1-12(2)9-10-20-15(18)13(3)17-16(19)21-11-14-7-5-4-6-8-14/h4-9,13H,10-11H2,1-3H3,(H,17,19)/t13-/m0/s1. The molecule has 0 saturated carbocycles. The minimum Gasteiger partial charge on any atom is -0.460 e. The highest BCUT2D eigenvalue weighted by Crippen LogP contribution is 2.01. The molecule has 5 heteroatoms. The van der Waals surface area contributed by atoms with E-state index in [1.54, 1.807) is 13.0 Å². The summed E-state index contributed by atoms with van der Waals surface area (Å²) >= 11 is 0. The zero-order valence-electron chi connectivity index (χ0n) is 12.6. The number of esters is 1. The molecular formula is C16H21NO4. The van der Waals surface area contributed by atoms with E-state index in [0.29, 0.717) is 0 Å². The quantitative estimate of drug-likeness (QED) is 0.646. The Morgan fingerprint density at radius 2 is 1.86 bits per heavy atom. The van der Waals surface area contributed by atoms with Crippen molar-refractivity contribution in [2.75, 3.05) is 6.61 Å². The van der Waals surface area contributed by atoms with E-state index in [2.05, 4.69) is 5.32 Å². The highest BCUT2D eigenvalue weighted by Gasteiger charge is 2.17. The highest BCUT2D eigenvalue weighted by molar-refractivity contribution is 5.80. The fourth-order valence-corrected chi connectivity index (χ4v) is 1.42. The number of alkyl carbamates (subject to hydrolysis) is 1. The molecule has 0 aromatic heterocycles. The van der Waals surface area contributed by atoms with E-state index in [-0.39, 0.29) is 13.2 Å². The van der Waals surface area contributed by atoms with Gasteiger partial charge in [-0.25, -0.2) is 9.59 Å². The molecule has 0 aliphatic rings. The van der Waals surface area contributed by atoms with E-state index in [4.69, 9.17) is 9.47 Å². The lowest BCUT2D eigenvalue weighted by Crippen LogP contribution is -2.39. The van der Waals surface area contributed by atoms with Crippen molar-refractivity contribution in [2.24, 2.45) is 0 Å². The van der Waals surface area contributed by atoms with Gasteiger partial charge in [-0.15, -0.1) is 0 Å². The Morgan fingerprint density at radius 3 is 2.48 bits per heavy atom. The van der Waals surface area contributed by atoms with Gasteiger partial charge >= 0.3 is 12.1 Å². The second-order valence-corrected chi connectivity index (χ2v) is 4.84. The van der Waals surface area contributed by atoms with Crippen LogP contribution < -0.4 is 5.32 Å². The summed E-state index contributed by atoms with van der Waals surface area (Å²) in [6, 6.07) is 8.56. The number of hydrogen-bond acceptors (Lipinski definition) is 4. The third kappa shape index (κ3) is 7.15. The smallest absolute Gasteiger partial charge is 0.408 e. The van der Waals surface area contributed by atoms with E-state index in [9.17, 15) is 9.59 Å². The molecule has 0 saturated heterocycles. The van der Waals surface area contributed by atoms with E-state index in [1.165, 1.54) is 0 Å². The first-order valence-corrected chi connectivity index (χ1v) is 6.76. The maximum absolute atomic E-state index is 11.6. The van der Waals surface area contributed by atoms with Crippen molar-refractivity contribution in [3.05, 3.63) is 47.5 Å². The number of rotatable bonds is 6. The van der Waals surface area contributed by atoms with Crippen molar-refractivity contribution in [1.82, 2.24) is 5.32 Å². The van der Waals surface area contributed by atoms with Crippen molar-refractivity contribution in [2.45, 2.75) is 33.4 Å². The molecule has 0 aliphatic carbocycles. The first-order chi connectivity index (χ1) is 9.99. The van der Waals surface area contributed by atoms with Crippen molar-refractivity contribution in [3.8, 4) is 0 Å². The number of benzene rings is 1. The van der Waals surface area contributed by atoms with Gasteiger partial charge in [0, 0.05) is 0 Å². The van der Waals surface area contributed by atoms with Crippen LogP contribution in [0.1, 0.15) is 26.3 Å². The van der Waals surface area contributed by atoms with Crippen LogP contribution in [0.5, 0.6) is 0 Å². The molecule has 1 aromatic carbocycles. The van der Waals surface area contributed by atoms with E-state index >= 15 is 0 Å². The first-order valence-electron chi connectivity index (χ1n) is 6.76. The maximum Gasteiger partial charge on any atom is 0.408 e. The number of nitrogens with one attached hydrogen (secondary N) is 1. The molecule has 1 amide bonds. The van der Waals surface area contributed by atoms with Gasteiger partial charge in [0.05, 0.1) is 0 Å². The number of hydrogen-bond donors (Lipinski definition) is 1. The van der Waals surface area contributed by atoms with E-state index in [0.717, 1.165) is 11.1 Å². The Hall–Kier alpha value is -2.30. The SMILES string of the molecule is CC(C)=CCOC(=O)[C@H](C)NC(=O)OCc1ccccc1. The Morgan fingerprint density at radius 1 is 1.19 bits per heavy atom. The van der Waals surface area contributed by atoms with E-state index in [1.807, 2.05) is 44.2 Å². The molecule has 1 aromatic rings. The summed E-state index contributed by atoms with van der Waals surface area (Å²) in [6.07, 6.45) is 1.14. The first kappa shape index (κ1) is 16.8. The van der Waals surface area contributed by atoms with Crippen molar-refractivity contribution >= 4 is 12.1 Å². The summed E-state index contributed by atoms with van der Waals surface area (Å²) in [5, 5.41) is 2.43. The summed E-state index contributed by atoms with van der Waals surface area (Å²) in [7, 11) is 0. The lowest BCUT2D eigenvalue weighted by molar-refractivity contribution is -0.144. The summed E-state index contributed by atoms with van der Waals surface area (Å²) in [6.45, 7) is 5.74. The summed E-state index contributed by atoms with van der Waals surface area (Å²) < 4.78 is 10.0. The van der Waals surface area contributed by atoms with E-state index < -0.39 is 18.1 Å². The molecule has 0 aliphatic heterocycles. The van der Waals surface area contributed by atoms with Crippen molar-refractivity contribution in [1.29, 1.82) is 0 Å². The molecule has 0 heterocycles. The average molecular weight is 291 g/mol. The van der Waals surface area contributed by atoms with Crippen molar-refractivity contribution in [3.63, 3.8) is 0 Å². The van der Waals surface area contributed by atoms with Gasteiger partial charge in [-0.05, 0) is 32.4 Å². The van der Waals surface area contributed by atoms with Gasteiger partial charge in [-0.3, -0.25) is 0 Å². The highest BCUT2D eigenvalue weighted by atomic mass is 16.6. The zero-order chi connectivity index (χ0) is 15.7. The lowest BCUT2D eigenvalue weighted by Gasteiger charge is -2.13. The van der Waals surface area contributed by atoms with Crippen LogP contribution >= 0.6 is 0 Å². The number of carbonyl (C=O) groups excluding carboxylic acids is 2. The third-order valence-electron chi connectivity index (χ3n) is 2.62. The topological polar surface area (TPSA) is 64.6 Å². The van der Waals surface area contributed by atoms with Gasteiger partial charge in [-0.2, -0.15) is 0 Å². The number of allylic oxidation sites excluding steroid dienone is 1. The molecule has 0 unspecified atom stereocenters. The lowest BCUT2D eigenvalue weighted by atomic mass is 10.2. The monoisotopic (exact) mass is 291 g/mol. The molecule has 0 spiro atoms. The predicted molar refractivity (Wildman–Crippen MR) is 79.6 cm³/mol. The fourth-order valence-electron chi connectivity index (χ4n) is 1.42. The maximum atomic E-state index is 11.6. The second-order valence-electron chi connectivity index (χ2n) is 4.84. The van der Waals surface area contributed by atoms with Crippen LogP contribution in [0, 0.1) is 0 Å². The minimum absolute atomic E-state index is 0.159. The second kappa shape index (κ2) is 8.79. The molecule has 114 valence electrons. The fraction of sp³-hybridized carbons (Fsp3) is 0.375. The molecule has 0 fully saturated rings. The van der Waals surface area contributed by atoms with Gasteiger partial charge in [0.25, 0.3) is 0 Å². The van der Waals surface area contributed by atoms with Crippen LogP contribution in [0.2, 0.25) is 0 Å². The molecule has 1 N–H and O–H groups in total. The zero-order valence-corrected chi connectivity index (χ0v) is 12.6. The van der Waals surface area contributed by atoms with Crippen LogP contribution in [0.25, 0.3) is 0 Å². The van der Waals surface area contributed by atoms with Gasteiger partial charge in [0.15, 0.2) is 0 Å². The molecule has 1 rings (SSSR count). The van der Waals surface area contributed by atoms with Crippen molar-refractivity contribution < 1.29 is 19.1 Å². The number of amides is 1. The van der Waals surface area contributed by atoms with Crippen LogP contribution in [0.4, 0.5) is 4.79 Å². The molecule has 1 atom stereocenters. The van der Waals surface area contributed by atoms with Gasteiger partial charge < -0.3 is 14.8 Å². The van der Waals surface area contributed by atoms with Crippen LogP contribution in [-0.4, -0.2) is 24.7 Å². The Balaban J connectivity index is 2.29. The minimum atomic E-state index is -0.751. The number of ether oxygens (including phenoxy) is 2. The molecular weight excluding hydrogens is 270 g/mol. The molecule has 0 radical (unpaired) electrons.